The molecule has 0 unspecified atom stereocenters. The Hall–Kier alpha value is -3.91. The van der Waals surface area contributed by atoms with Crippen molar-refractivity contribution in [2.75, 3.05) is 11.9 Å². The predicted molar refractivity (Wildman–Crippen MR) is 142 cm³/mol. The first-order chi connectivity index (χ1) is 17.9. The fourth-order valence-corrected chi connectivity index (χ4v) is 4.85. The zero-order valence-corrected chi connectivity index (χ0v) is 22.5. The molecule has 38 heavy (non-hydrogen) atoms. The van der Waals surface area contributed by atoms with Crippen molar-refractivity contribution in [1.29, 1.82) is 5.26 Å². The van der Waals surface area contributed by atoms with Crippen LogP contribution in [0.3, 0.4) is 0 Å². The van der Waals surface area contributed by atoms with E-state index in [1.807, 2.05) is 10.8 Å². The van der Waals surface area contributed by atoms with Gasteiger partial charge in [0.25, 0.3) is 15.9 Å². The third kappa shape index (κ3) is 7.10. The van der Waals surface area contributed by atoms with Crippen LogP contribution in [0.4, 0.5) is 5.69 Å². The molecule has 0 aliphatic heterocycles. The average Bonchev–Trinajstić information content (AvgIpc) is 2.87. The van der Waals surface area contributed by atoms with E-state index in [-0.39, 0.29) is 43.8 Å². The van der Waals surface area contributed by atoms with E-state index in [0.29, 0.717) is 11.3 Å². The number of hydrogen-bond acceptors (Lipinski definition) is 7. The molecule has 9 nitrogen and oxygen atoms in total. The van der Waals surface area contributed by atoms with E-state index in [9.17, 15) is 22.8 Å². The molecular formula is C26H21Cl2N3O6S. The van der Waals surface area contributed by atoms with Crippen LogP contribution in [0.2, 0.25) is 10.0 Å². The molecular weight excluding hydrogens is 553 g/mol. The van der Waals surface area contributed by atoms with Crippen LogP contribution in [0, 0.1) is 18.3 Å². The van der Waals surface area contributed by atoms with Crippen LogP contribution >= 0.6 is 23.2 Å². The molecule has 12 heteroatoms. The first-order valence-corrected chi connectivity index (χ1v) is 13.3. The van der Waals surface area contributed by atoms with E-state index in [4.69, 9.17) is 33.2 Å². The van der Waals surface area contributed by atoms with Crippen molar-refractivity contribution in [1.82, 2.24) is 4.72 Å². The summed E-state index contributed by atoms with van der Waals surface area (Å²) in [6.07, 6.45) is 0.00723. The SMILES string of the molecule is CCC(=O)NS(=O)(=O)c1ccc(NC(=O)COc2ccc(Cl)cc2C(=O)c2cc(Cl)cc(C#N)c2)c(C)c1. The number of nitrogens with one attached hydrogen (secondary N) is 2. The highest BCUT2D eigenvalue weighted by molar-refractivity contribution is 7.90. The average molecular weight is 574 g/mol. The van der Waals surface area contributed by atoms with Gasteiger partial charge in [0.1, 0.15) is 5.75 Å². The number of rotatable bonds is 9. The molecule has 3 rings (SSSR count). The van der Waals surface area contributed by atoms with Gasteiger partial charge in [0.15, 0.2) is 12.4 Å². The van der Waals surface area contributed by atoms with Crippen molar-refractivity contribution in [3.8, 4) is 11.8 Å². The van der Waals surface area contributed by atoms with E-state index in [1.54, 1.807) is 6.92 Å². The van der Waals surface area contributed by atoms with E-state index in [0.717, 1.165) is 0 Å². The number of carbonyl (C=O) groups is 3. The summed E-state index contributed by atoms with van der Waals surface area (Å²) in [6, 6.07) is 14.4. The van der Waals surface area contributed by atoms with Gasteiger partial charge < -0.3 is 10.1 Å². The monoisotopic (exact) mass is 573 g/mol. The van der Waals surface area contributed by atoms with Crippen LogP contribution in [0.1, 0.15) is 40.4 Å². The van der Waals surface area contributed by atoms with Gasteiger partial charge in [0, 0.05) is 27.7 Å². The van der Waals surface area contributed by atoms with Gasteiger partial charge in [-0.25, -0.2) is 13.1 Å². The van der Waals surface area contributed by atoms with Crippen molar-refractivity contribution >= 4 is 56.5 Å². The molecule has 0 aromatic heterocycles. The molecule has 2 N–H and O–H groups in total. The van der Waals surface area contributed by atoms with Crippen molar-refractivity contribution in [3.63, 3.8) is 0 Å². The molecule has 0 atom stereocenters. The molecule has 0 bridgehead atoms. The fraction of sp³-hybridized carbons (Fsp3) is 0.154. The third-order valence-corrected chi connectivity index (χ3v) is 7.01. The van der Waals surface area contributed by atoms with Crippen LogP contribution in [0.5, 0.6) is 5.75 Å². The summed E-state index contributed by atoms with van der Waals surface area (Å²) in [7, 11) is -4.04. The lowest BCUT2D eigenvalue weighted by Crippen LogP contribution is -2.29. The van der Waals surface area contributed by atoms with Gasteiger partial charge in [0.2, 0.25) is 5.91 Å². The van der Waals surface area contributed by atoms with Crippen LogP contribution in [-0.4, -0.2) is 32.6 Å². The minimum atomic E-state index is -4.04. The molecule has 0 spiro atoms. The molecule has 0 saturated heterocycles. The second-order valence-corrected chi connectivity index (χ2v) is 10.6. The number of ketones is 1. The minimum Gasteiger partial charge on any atom is -0.483 e. The standard InChI is InChI=1S/C26H21Cl2N3O6S/c1-3-24(32)31-38(35,36)20-5-6-22(15(2)8-20)30-25(33)14-37-23-7-4-18(27)12-21(23)26(34)17-9-16(13-29)10-19(28)11-17/h4-12H,3,14H2,1-2H3,(H,30,33)(H,31,32). The van der Waals surface area contributed by atoms with E-state index >= 15 is 0 Å². The summed E-state index contributed by atoms with van der Waals surface area (Å²) in [5.74, 6) is -1.65. The molecule has 0 aliphatic carbocycles. The Bertz CT molecular complexity index is 1580. The molecule has 0 fully saturated rings. The van der Waals surface area contributed by atoms with Crippen LogP contribution < -0.4 is 14.8 Å². The molecule has 3 aromatic rings. The second kappa shape index (κ2) is 12.1. The maximum atomic E-state index is 13.1. The number of sulfonamides is 1. The normalized spacial score (nSPS) is 10.8. The van der Waals surface area contributed by atoms with Gasteiger partial charge >= 0.3 is 0 Å². The van der Waals surface area contributed by atoms with Crippen LogP contribution in [0.25, 0.3) is 0 Å². The summed E-state index contributed by atoms with van der Waals surface area (Å²) in [6.45, 7) is 2.64. The van der Waals surface area contributed by atoms with Crippen molar-refractivity contribution < 1.29 is 27.5 Å². The Morgan fingerprint density at radius 1 is 0.974 bits per heavy atom. The molecule has 0 radical (unpaired) electrons. The Balaban J connectivity index is 1.75. The Kier molecular flexibility index (Phi) is 9.12. The van der Waals surface area contributed by atoms with E-state index in [1.165, 1.54) is 61.5 Å². The smallest absolute Gasteiger partial charge is 0.264 e. The van der Waals surface area contributed by atoms with Gasteiger partial charge in [-0.3, -0.25) is 14.4 Å². The number of nitriles is 1. The number of anilines is 1. The molecule has 0 aliphatic rings. The van der Waals surface area contributed by atoms with Gasteiger partial charge in [-0.05, 0) is 67.1 Å². The van der Waals surface area contributed by atoms with E-state index in [2.05, 4.69) is 5.32 Å². The third-order valence-electron chi connectivity index (χ3n) is 5.19. The zero-order valence-electron chi connectivity index (χ0n) is 20.2. The summed E-state index contributed by atoms with van der Waals surface area (Å²) < 4.78 is 32.2. The molecule has 196 valence electrons. The molecule has 0 heterocycles. The number of ether oxygens (including phenoxy) is 1. The Morgan fingerprint density at radius 3 is 2.37 bits per heavy atom. The molecule has 0 saturated carbocycles. The Morgan fingerprint density at radius 2 is 1.71 bits per heavy atom. The Labute approximate surface area is 229 Å². The number of nitrogens with zero attached hydrogens (tertiary/aromatic N) is 1. The lowest BCUT2D eigenvalue weighted by Gasteiger charge is -2.14. The second-order valence-electron chi connectivity index (χ2n) is 8.01. The van der Waals surface area contributed by atoms with Crippen molar-refractivity contribution in [3.05, 3.63) is 86.9 Å². The maximum Gasteiger partial charge on any atom is 0.264 e. The summed E-state index contributed by atoms with van der Waals surface area (Å²) >= 11 is 12.1. The summed E-state index contributed by atoms with van der Waals surface area (Å²) in [4.78, 5) is 37.1. The van der Waals surface area contributed by atoms with Gasteiger partial charge in [0.05, 0.1) is 22.1 Å². The number of hydrogen-bond donors (Lipinski definition) is 2. The van der Waals surface area contributed by atoms with Gasteiger partial charge in [-0.1, -0.05) is 30.1 Å². The summed E-state index contributed by atoms with van der Waals surface area (Å²) in [5, 5.41) is 12.2. The molecule has 3 aromatic carbocycles. The van der Waals surface area contributed by atoms with Gasteiger partial charge in [-0.15, -0.1) is 0 Å². The van der Waals surface area contributed by atoms with Crippen LogP contribution in [0.15, 0.2) is 59.5 Å². The first-order valence-electron chi connectivity index (χ1n) is 11.1. The van der Waals surface area contributed by atoms with Crippen molar-refractivity contribution in [2.45, 2.75) is 25.2 Å². The highest BCUT2D eigenvalue weighted by Gasteiger charge is 2.20. The lowest BCUT2D eigenvalue weighted by molar-refractivity contribution is -0.119. The predicted octanol–water partition coefficient (Wildman–Crippen LogP) is 4.64. The lowest BCUT2D eigenvalue weighted by atomic mass is 10.0. The number of benzene rings is 3. The fourth-order valence-electron chi connectivity index (χ4n) is 3.30. The summed E-state index contributed by atoms with van der Waals surface area (Å²) in [5.41, 5.74) is 1.17. The van der Waals surface area contributed by atoms with Gasteiger partial charge in [-0.2, -0.15) is 5.26 Å². The highest BCUT2D eigenvalue weighted by Crippen LogP contribution is 2.27. The highest BCUT2D eigenvalue weighted by atomic mass is 35.5. The number of carbonyl (C=O) groups excluding carboxylic acids is 3. The number of amides is 2. The number of aryl methyl sites for hydroxylation is 1. The topological polar surface area (TPSA) is 142 Å². The van der Waals surface area contributed by atoms with Crippen molar-refractivity contribution in [2.24, 2.45) is 0 Å². The largest absolute Gasteiger partial charge is 0.483 e. The van der Waals surface area contributed by atoms with Crippen LogP contribution in [-0.2, 0) is 19.6 Å². The number of halogens is 2. The first kappa shape index (κ1) is 28.7. The quantitative estimate of drug-likeness (QED) is 0.355. The van der Waals surface area contributed by atoms with E-state index < -0.39 is 34.2 Å². The zero-order chi connectivity index (χ0) is 28.0. The maximum absolute atomic E-state index is 13.1. The molecule has 2 amide bonds. The minimum absolute atomic E-state index is 0.00723.